The van der Waals surface area contributed by atoms with Gasteiger partial charge in [-0.25, -0.2) is 4.79 Å². The fraction of sp³-hybridized carbons (Fsp3) is 0.500. The molecule has 0 fully saturated rings. The summed E-state index contributed by atoms with van der Waals surface area (Å²) in [7, 11) is 2.99. The fourth-order valence-electron chi connectivity index (χ4n) is 5.06. The van der Waals surface area contributed by atoms with E-state index in [1.165, 1.54) is 14.2 Å². The van der Waals surface area contributed by atoms with Gasteiger partial charge in [-0.1, -0.05) is 44.2 Å². The normalized spacial score (nSPS) is 31.4. The van der Waals surface area contributed by atoms with Crippen LogP contribution in [0, 0.1) is 11.8 Å². The molecule has 0 saturated carbocycles. The predicted molar refractivity (Wildman–Crippen MR) is 162 cm³/mol. The molecule has 0 aromatic carbocycles. The van der Waals surface area contributed by atoms with Crippen molar-refractivity contribution in [1.82, 2.24) is 10.6 Å². The second-order valence-corrected chi connectivity index (χ2v) is 11.0. The Morgan fingerprint density at radius 1 is 1.19 bits per heavy atom. The number of aliphatic hydroxyl groups is 1. The molecular weight excluding hydrogens is 554 g/mol. The highest BCUT2D eigenvalue weighted by Gasteiger charge is 2.33. The molecule has 11 nitrogen and oxygen atoms in total. The predicted octanol–water partition coefficient (Wildman–Crippen LogP) is 2.93. The van der Waals surface area contributed by atoms with Crippen LogP contribution in [-0.2, 0) is 28.6 Å². The highest BCUT2D eigenvalue weighted by molar-refractivity contribution is 6.23. The molecule has 0 spiro atoms. The number of allylic oxidation sites excluding steroid dienone is 4. The number of rotatable bonds is 6. The number of hydrogen-bond donors (Lipinski definition) is 4. The lowest BCUT2D eigenvalue weighted by Gasteiger charge is -2.29. The molecule has 0 saturated heterocycles. The van der Waals surface area contributed by atoms with Crippen molar-refractivity contribution < 1.29 is 38.5 Å². The number of hydrogen-bond acceptors (Lipinski definition) is 9. The third-order valence-corrected chi connectivity index (χ3v) is 7.49. The number of fused-ring (bicyclic) bond motifs is 2. The summed E-state index contributed by atoms with van der Waals surface area (Å²) >= 11 is 0. The van der Waals surface area contributed by atoms with Gasteiger partial charge >= 0.3 is 6.09 Å². The Labute approximate surface area is 253 Å². The molecule has 0 radical (unpaired) electrons. The Balaban J connectivity index is 2.58. The average molecular weight is 600 g/mol. The number of nitrogens with one attached hydrogen (secondary N) is 2. The van der Waals surface area contributed by atoms with Crippen LogP contribution in [0.1, 0.15) is 47.0 Å². The van der Waals surface area contributed by atoms with Crippen LogP contribution in [0.5, 0.6) is 0 Å². The molecule has 43 heavy (non-hydrogen) atoms. The van der Waals surface area contributed by atoms with E-state index in [0.717, 1.165) is 6.08 Å². The van der Waals surface area contributed by atoms with E-state index < -0.39 is 53.9 Å². The van der Waals surface area contributed by atoms with E-state index >= 15 is 0 Å². The maximum atomic E-state index is 13.6. The molecule has 236 valence electrons. The number of carbonyl (C=O) groups excluding carboxylic acids is 4. The van der Waals surface area contributed by atoms with Gasteiger partial charge in [0.2, 0.25) is 11.6 Å². The molecule has 2 rings (SSSR count). The van der Waals surface area contributed by atoms with Gasteiger partial charge in [0.25, 0.3) is 5.91 Å². The van der Waals surface area contributed by atoms with Crippen LogP contribution >= 0.6 is 0 Å². The van der Waals surface area contributed by atoms with E-state index in [-0.39, 0.29) is 47.8 Å². The lowest BCUT2D eigenvalue weighted by Crippen LogP contribution is -2.37. The smallest absolute Gasteiger partial charge is 0.405 e. The summed E-state index contributed by atoms with van der Waals surface area (Å²) in [6.45, 7) is 11.0. The SMILES string of the molecule is C=CCNC1=C2C[C@@H](C)C[C@H](OC)[C@H](O)[C@@H](C)/C=C(\C)[C@H](OC(N)=O)C[C@@H](OC)/C=C\C=C(/C)C(=O)NC(=CC1=O)C2=O. The van der Waals surface area contributed by atoms with Crippen LogP contribution in [-0.4, -0.2) is 73.9 Å². The molecule has 2 aliphatic rings. The quantitative estimate of drug-likeness (QED) is 0.265. The lowest BCUT2D eigenvalue weighted by atomic mass is 9.85. The average Bonchev–Trinajstić information content (AvgIpc) is 2.95. The highest BCUT2D eigenvalue weighted by Crippen LogP contribution is 2.28. The lowest BCUT2D eigenvalue weighted by molar-refractivity contribution is -0.120. The molecule has 0 unspecified atom stereocenters. The van der Waals surface area contributed by atoms with Gasteiger partial charge in [0.15, 0.2) is 0 Å². The molecule has 1 aliphatic carbocycles. The van der Waals surface area contributed by atoms with E-state index in [9.17, 15) is 24.3 Å². The van der Waals surface area contributed by atoms with Gasteiger partial charge in [-0.3, -0.25) is 14.4 Å². The zero-order valence-electron chi connectivity index (χ0n) is 25.8. The van der Waals surface area contributed by atoms with Crippen molar-refractivity contribution in [2.75, 3.05) is 20.8 Å². The minimum Gasteiger partial charge on any atom is -0.442 e. The first-order valence-electron chi connectivity index (χ1n) is 14.3. The van der Waals surface area contributed by atoms with Crippen LogP contribution in [0.25, 0.3) is 0 Å². The van der Waals surface area contributed by atoms with Crippen molar-refractivity contribution in [3.63, 3.8) is 0 Å². The Hall–Kier alpha value is -3.80. The van der Waals surface area contributed by atoms with Gasteiger partial charge in [-0.05, 0) is 38.2 Å². The molecule has 0 aromatic heterocycles. The van der Waals surface area contributed by atoms with E-state index in [1.807, 2.05) is 13.8 Å². The van der Waals surface area contributed by atoms with Gasteiger partial charge in [0.05, 0.1) is 29.7 Å². The van der Waals surface area contributed by atoms with Crippen LogP contribution in [0.3, 0.4) is 0 Å². The number of primary amides is 1. The topological polar surface area (TPSA) is 166 Å². The van der Waals surface area contributed by atoms with Crippen LogP contribution in [0.2, 0.25) is 0 Å². The second kappa shape index (κ2) is 16.7. The summed E-state index contributed by atoms with van der Waals surface area (Å²) in [5.74, 6) is -2.07. The van der Waals surface area contributed by atoms with Gasteiger partial charge in [0, 0.05) is 50.3 Å². The summed E-state index contributed by atoms with van der Waals surface area (Å²) in [5, 5.41) is 16.8. The maximum Gasteiger partial charge on any atom is 0.405 e. The highest BCUT2D eigenvalue weighted by atomic mass is 16.6. The molecule has 2 bridgehead atoms. The number of amides is 2. The van der Waals surface area contributed by atoms with E-state index in [4.69, 9.17) is 19.9 Å². The number of nitrogens with two attached hydrogens (primary N) is 1. The summed E-state index contributed by atoms with van der Waals surface area (Å²) in [6, 6.07) is 0. The summed E-state index contributed by atoms with van der Waals surface area (Å²) in [4.78, 5) is 51.3. The third-order valence-electron chi connectivity index (χ3n) is 7.49. The first-order valence-corrected chi connectivity index (χ1v) is 14.3. The summed E-state index contributed by atoms with van der Waals surface area (Å²) < 4.78 is 16.6. The molecule has 2 amide bonds. The first-order chi connectivity index (χ1) is 20.3. The Morgan fingerprint density at radius 2 is 1.88 bits per heavy atom. The minimum absolute atomic E-state index is 0.119. The first kappa shape index (κ1) is 35.4. The van der Waals surface area contributed by atoms with Crippen molar-refractivity contribution in [2.24, 2.45) is 17.6 Å². The van der Waals surface area contributed by atoms with Crippen LogP contribution in [0.15, 0.2) is 71.1 Å². The van der Waals surface area contributed by atoms with Crippen molar-refractivity contribution in [2.45, 2.75) is 71.4 Å². The third kappa shape index (κ3) is 10.2. The Kier molecular flexibility index (Phi) is 13.8. The number of ether oxygens (including phenoxy) is 3. The molecule has 1 heterocycles. The Bertz CT molecular complexity index is 1230. The number of ketones is 2. The minimum atomic E-state index is -0.945. The van der Waals surface area contributed by atoms with Gasteiger partial charge < -0.3 is 35.7 Å². The molecule has 1 aliphatic heterocycles. The second-order valence-electron chi connectivity index (χ2n) is 11.0. The van der Waals surface area contributed by atoms with Crippen LogP contribution in [0.4, 0.5) is 4.79 Å². The number of methoxy groups -OCH3 is 2. The fourth-order valence-corrected chi connectivity index (χ4v) is 5.06. The molecule has 5 N–H and O–H groups in total. The largest absolute Gasteiger partial charge is 0.442 e. The van der Waals surface area contributed by atoms with E-state index in [1.54, 1.807) is 44.2 Å². The standard InChI is InChI=1S/C32H45N3O8/c1-8-12-34-28-23-13-18(2)14-27(42-7)29(37)21(5)15-20(4)26(43-32(33)40)16-22(41-6)11-9-10-19(3)31(39)35-24(30(23)38)17-25(28)36/h8-11,15,17-18,21-22,26-27,29,34,37H,1,12-14,16H2,2-7H3,(H2,33,40)(H,35,39)/b11-9-,19-10+,20-15+/t18-,21+,22+,26-,27+,29-/m1/s1. The number of Topliss-reactive ketones (excluding diaryl/α,β-unsaturated/α-hetero) is 1. The van der Waals surface area contributed by atoms with E-state index in [0.29, 0.717) is 12.0 Å². The maximum absolute atomic E-state index is 13.6. The van der Waals surface area contributed by atoms with Crippen molar-refractivity contribution in [3.05, 3.63) is 71.1 Å². The van der Waals surface area contributed by atoms with Crippen molar-refractivity contribution in [1.29, 1.82) is 0 Å². The summed E-state index contributed by atoms with van der Waals surface area (Å²) in [6.07, 6.45) is 6.36. The monoisotopic (exact) mass is 599 g/mol. The molecule has 6 atom stereocenters. The van der Waals surface area contributed by atoms with E-state index in [2.05, 4.69) is 17.2 Å². The van der Waals surface area contributed by atoms with Crippen molar-refractivity contribution >= 4 is 23.6 Å². The number of aliphatic hydroxyl groups excluding tert-OH is 1. The molecular formula is C32H45N3O8. The summed E-state index contributed by atoms with van der Waals surface area (Å²) in [5.41, 5.74) is 6.56. The molecule has 11 heteroatoms. The van der Waals surface area contributed by atoms with Gasteiger partial charge in [0.1, 0.15) is 6.10 Å². The number of carbonyl (C=O) groups is 4. The van der Waals surface area contributed by atoms with Gasteiger partial charge in [-0.15, -0.1) is 6.58 Å². The molecule has 0 aromatic rings. The zero-order chi connectivity index (χ0) is 32.3. The van der Waals surface area contributed by atoms with Crippen LogP contribution < -0.4 is 16.4 Å². The van der Waals surface area contributed by atoms with Gasteiger partial charge in [-0.2, -0.15) is 0 Å². The van der Waals surface area contributed by atoms with Crippen molar-refractivity contribution in [3.8, 4) is 0 Å². The zero-order valence-corrected chi connectivity index (χ0v) is 25.8. The Morgan fingerprint density at radius 3 is 2.49 bits per heavy atom.